The topological polar surface area (TPSA) is 87.5 Å². The fourth-order valence-electron chi connectivity index (χ4n) is 0.509. The summed E-state index contributed by atoms with van der Waals surface area (Å²) in [6, 6.07) is 5.02. The van der Waals surface area contributed by atoms with Gasteiger partial charge in [0.1, 0.15) is 5.69 Å². The highest BCUT2D eigenvalue weighted by Gasteiger charge is 1.95. The molecule has 0 fully saturated rings. The summed E-state index contributed by atoms with van der Waals surface area (Å²) >= 11 is 0. The maximum atomic E-state index is 10.4. The van der Waals surface area contributed by atoms with Gasteiger partial charge in [-0.05, 0) is 12.1 Å². The fourth-order valence-corrected chi connectivity index (χ4v) is 0.509. The molecule has 10 heavy (non-hydrogen) atoms. The maximum Gasteiger partial charge on any atom is 1.00 e. The first-order chi connectivity index (χ1) is 4.30. The van der Waals surface area contributed by atoms with Gasteiger partial charge in [-0.15, -0.1) is 0 Å². The molecule has 0 aliphatic rings. The van der Waals surface area contributed by atoms with Crippen molar-refractivity contribution in [2.24, 2.45) is 5.73 Å². The van der Waals surface area contributed by atoms with Gasteiger partial charge in [-0.1, -0.05) is 6.07 Å². The van der Waals surface area contributed by atoms with Crippen LogP contribution in [0.25, 0.3) is 0 Å². The minimum absolute atomic E-state index is 0. The van der Waals surface area contributed by atoms with Crippen molar-refractivity contribution >= 4 is 5.91 Å². The summed E-state index contributed by atoms with van der Waals surface area (Å²) in [5, 5.41) is 0. The average Bonchev–Trinajstić information content (AvgIpc) is 1.90. The quantitative estimate of drug-likeness (QED) is 0.569. The maximum absolute atomic E-state index is 10.4. The largest absolute Gasteiger partial charge is 1.00 e. The van der Waals surface area contributed by atoms with Gasteiger partial charge < -0.3 is 11.2 Å². The zero-order chi connectivity index (χ0) is 6.69. The van der Waals surface area contributed by atoms with Crippen LogP contribution < -0.4 is 5.73 Å². The summed E-state index contributed by atoms with van der Waals surface area (Å²) in [7, 11) is 0. The van der Waals surface area contributed by atoms with Crippen LogP contribution in [0, 0.1) is 0 Å². The van der Waals surface area contributed by atoms with E-state index in [0.717, 1.165) is 0 Å². The lowest BCUT2D eigenvalue weighted by Gasteiger charge is -1.88. The first-order valence-corrected chi connectivity index (χ1v) is 2.51. The van der Waals surface area contributed by atoms with Crippen LogP contribution in [-0.4, -0.2) is 16.4 Å². The Bertz CT molecular complexity index is 215. The second kappa shape index (κ2) is 3.58. The van der Waals surface area contributed by atoms with E-state index >= 15 is 0 Å². The van der Waals surface area contributed by atoms with Gasteiger partial charge in [0.25, 0.3) is 5.91 Å². The van der Waals surface area contributed by atoms with E-state index in [1.165, 1.54) is 6.20 Å². The second-order valence-corrected chi connectivity index (χ2v) is 1.58. The predicted molar refractivity (Wildman–Crippen MR) is 37.5 cm³/mol. The lowest BCUT2D eigenvalue weighted by atomic mass is 10.3. The van der Waals surface area contributed by atoms with Crippen molar-refractivity contribution in [3.8, 4) is 0 Å². The van der Waals surface area contributed by atoms with E-state index in [-0.39, 0.29) is 6.90 Å². The Labute approximate surface area is 59.5 Å². The van der Waals surface area contributed by atoms with E-state index in [0.29, 0.717) is 5.69 Å². The first kappa shape index (κ1) is 8.58. The van der Waals surface area contributed by atoms with Crippen molar-refractivity contribution in [1.82, 2.24) is 4.98 Å². The smallest absolute Gasteiger partial charge is 0.412 e. The van der Waals surface area contributed by atoms with Gasteiger partial charge in [-0.3, -0.25) is 9.78 Å². The van der Waals surface area contributed by atoms with Gasteiger partial charge in [-0.2, -0.15) is 0 Å². The van der Waals surface area contributed by atoms with Crippen LogP contribution in [0.15, 0.2) is 24.4 Å². The van der Waals surface area contributed by atoms with Crippen LogP contribution in [0.5, 0.6) is 0 Å². The zero-order valence-corrected chi connectivity index (χ0v) is 5.24. The molecule has 4 N–H and O–H groups in total. The Hall–Kier alpha value is -1.42. The van der Waals surface area contributed by atoms with Crippen LogP contribution in [0.1, 0.15) is 11.9 Å². The molecule has 1 heterocycles. The summed E-state index contributed by atoms with van der Waals surface area (Å²) in [5.41, 5.74) is 5.22. The van der Waals surface area contributed by atoms with E-state index in [4.69, 9.17) is 5.73 Å². The lowest BCUT2D eigenvalue weighted by molar-refractivity contribution is 0.0995. The Kier molecular flexibility index (Phi) is 3.07. The van der Waals surface area contributed by atoms with Crippen molar-refractivity contribution < 1.29 is 11.7 Å². The molecule has 1 aromatic rings. The molecule has 0 unspecified atom stereocenters. The monoisotopic (exact) mass is 141 g/mol. The summed E-state index contributed by atoms with van der Waals surface area (Å²) in [6.07, 6.45) is 1.53. The van der Waals surface area contributed by atoms with Crippen molar-refractivity contribution in [1.29, 1.82) is 0 Å². The van der Waals surface area contributed by atoms with E-state index < -0.39 is 5.91 Å². The van der Waals surface area contributed by atoms with Crippen LogP contribution >= 0.6 is 0 Å². The highest BCUT2D eigenvalue weighted by molar-refractivity contribution is 5.90. The number of hydrogen-bond donors (Lipinski definition) is 1. The molecular formula is C6H9N2O2+. The van der Waals surface area contributed by atoms with Crippen LogP contribution in [-0.2, 0) is 0 Å². The van der Waals surface area contributed by atoms with E-state index in [2.05, 4.69) is 4.98 Å². The molecule has 1 amide bonds. The van der Waals surface area contributed by atoms with Crippen LogP contribution in [0.3, 0.4) is 0 Å². The first-order valence-electron chi connectivity index (χ1n) is 2.51. The van der Waals surface area contributed by atoms with Crippen molar-refractivity contribution in [3.63, 3.8) is 0 Å². The standard InChI is InChI=1S/C6H6N2O.H2O/c7-6(9)5-3-1-2-4-8-5;/h1-4H,(H2,7,9);1H2/p+1. The molecule has 0 atom stereocenters. The number of aromatic nitrogens is 1. The highest BCUT2D eigenvalue weighted by atomic mass is 16.1. The summed E-state index contributed by atoms with van der Waals surface area (Å²) in [6.45, 7) is 0. The highest BCUT2D eigenvalue weighted by Crippen LogP contribution is 1.88. The van der Waals surface area contributed by atoms with E-state index in [9.17, 15) is 4.79 Å². The number of pyridine rings is 1. The number of carbonyl (C=O) groups is 1. The normalized spacial score (nSPS) is 8.00. The third-order valence-corrected chi connectivity index (χ3v) is 0.917. The molecule has 0 saturated heterocycles. The summed E-state index contributed by atoms with van der Waals surface area (Å²) < 4.78 is 0. The van der Waals surface area contributed by atoms with E-state index in [1.54, 1.807) is 18.2 Å². The van der Waals surface area contributed by atoms with Crippen molar-refractivity contribution in [2.75, 3.05) is 0 Å². The van der Waals surface area contributed by atoms with Gasteiger partial charge in [0, 0.05) is 6.20 Å². The summed E-state index contributed by atoms with van der Waals surface area (Å²) in [5.74, 6) is -0.490. The predicted octanol–water partition coefficient (Wildman–Crippen LogP) is -0.532. The SMILES string of the molecule is NC(=O)c1ccccn1.O.[H+]. The summed E-state index contributed by atoms with van der Waals surface area (Å²) in [4.78, 5) is 14.1. The molecule has 1 aromatic heterocycles. The van der Waals surface area contributed by atoms with Crippen LogP contribution in [0.2, 0.25) is 0 Å². The molecule has 4 heteroatoms. The molecule has 1 rings (SSSR count). The van der Waals surface area contributed by atoms with Crippen molar-refractivity contribution in [3.05, 3.63) is 30.1 Å². The molecule has 0 aromatic carbocycles. The number of rotatable bonds is 1. The number of nitrogens with zero attached hydrogens (tertiary/aromatic N) is 1. The molecule has 0 saturated carbocycles. The van der Waals surface area contributed by atoms with Crippen molar-refractivity contribution in [2.45, 2.75) is 0 Å². The second-order valence-electron chi connectivity index (χ2n) is 1.58. The Balaban J connectivity index is 0. The number of primary amides is 1. The third kappa shape index (κ3) is 1.83. The number of hydrogen-bond acceptors (Lipinski definition) is 2. The molecule has 0 aliphatic heterocycles. The molecule has 0 bridgehead atoms. The molecule has 4 nitrogen and oxygen atoms in total. The third-order valence-electron chi connectivity index (χ3n) is 0.917. The minimum atomic E-state index is -0.490. The zero-order valence-electron chi connectivity index (χ0n) is 6.24. The Morgan fingerprint density at radius 2 is 2.30 bits per heavy atom. The van der Waals surface area contributed by atoms with Crippen LogP contribution in [0.4, 0.5) is 0 Å². The average molecular weight is 141 g/mol. The molecular weight excluding hydrogens is 132 g/mol. The Morgan fingerprint density at radius 1 is 1.60 bits per heavy atom. The fraction of sp³-hybridized carbons (Fsp3) is 0. The minimum Gasteiger partial charge on any atom is -0.412 e. The van der Waals surface area contributed by atoms with Gasteiger partial charge in [0.05, 0.1) is 0 Å². The molecule has 0 spiro atoms. The molecule has 0 radical (unpaired) electrons. The molecule has 54 valence electrons. The van der Waals surface area contributed by atoms with Gasteiger partial charge in [0.15, 0.2) is 0 Å². The van der Waals surface area contributed by atoms with E-state index in [1.807, 2.05) is 0 Å². The van der Waals surface area contributed by atoms with Gasteiger partial charge >= 0.3 is 1.43 Å². The lowest BCUT2D eigenvalue weighted by Crippen LogP contribution is -2.12. The van der Waals surface area contributed by atoms with Gasteiger partial charge in [0.2, 0.25) is 0 Å². The molecule has 0 aliphatic carbocycles. The number of carbonyl (C=O) groups excluding carboxylic acids is 1. The number of amides is 1. The van der Waals surface area contributed by atoms with Gasteiger partial charge in [-0.25, -0.2) is 0 Å². The Morgan fingerprint density at radius 3 is 2.60 bits per heavy atom. The number of nitrogens with two attached hydrogens (primary N) is 1.